The highest BCUT2D eigenvalue weighted by molar-refractivity contribution is 9.10. The van der Waals surface area contributed by atoms with Gasteiger partial charge >= 0.3 is 0 Å². The fourth-order valence-electron chi connectivity index (χ4n) is 2.84. The number of thioether (sulfide) groups is 1. The first-order valence-corrected chi connectivity index (χ1v) is 10.4. The van der Waals surface area contributed by atoms with Crippen LogP contribution in [0.4, 0.5) is 0 Å². The van der Waals surface area contributed by atoms with Gasteiger partial charge in [0.05, 0.1) is 17.6 Å². The Kier molecular flexibility index (Phi) is 5.34. The van der Waals surface area contributed by atoms with Gasteiger partial charge in [-0.3, -0.25) is 0 Å². The van der Waals surface area contributed by atoms with Crippen LogP contribution < -0.4 is 0 Å². The molecule has 0 spiro atoms. The van der Waals surface area contributed by atoms with E-state index in [0.717, 1.165) is 33.0 Å². The summed E-state index contributed by atoms with van der Waals surface area (Å²) in [5.74, 6) is 0.874. The van der Waals surface area contributed by atoms with E-state index in [1.54, 1.807) is 11.8 Å². The lowest BCUT2D eigenvalue weighted by Crippen LogP contribution is -2.01. The van der Waals surface area contributed by atoms with E-state index in [1.807, 2.05) is 18.2 Å². The van der Waals surface area contributed by atoms with Crippen molar-refractivity contribution in [2.45, 2.75) is 17.5 Å². The molecule has 1 aromatic heterocycles. The predicted octanol–water partition coefficient (Wildman–Crippen LogP) is 6.79. The minimum absolute atomic E-state index is 0.714. The van der Waals surface area contributed by atoms with Gasteiger partial charge in [0.2, 0.25) is 0 Å². The van der Waals surface area contributed by atoms with Gasteiger partial charge in [-0.2, -0.15) is 0 Å². The number of hydrogen-bond donors (Lipinski definition) is 0. The van der Waals surface area contributed by atoms with Gasteiger partial charge in [-0.05, 0) is 41.5 Å². The second-order valence-corrected chi connectivity index (χ2v) is 8.31. The van der Waals surface area contributed by atoms with Gasteiger partial charge in [0.1, 0.15) is 0 Å². The Labute approximate surface area is 170 Å². The van der Waals surface area contributed by atoms with E-state index < -0.39 is 0 Å². The van der Waals surface area contributed by atoms with Crippen LogP contribution in [0.1, 0.15) is 11.1 Å². The second kappa shape index (κ2) is 7.87. The molecule has 130 valence electrons. The Morgan fingerprint density at radius 2 is 1.69 bits per heavy atom. The Hall–Kier alpha value is -1.75. The molecule has 0 amide bonds. The Bertz CT molecular complexity index is 1030. The van der Waals surface area contributed by atoms with Crippen LogP contribution in [0.3, 0.4) is 0 Å². The molecule has 1 heterocycles. The minimum atomic E-state index is 0.714. The summed E-state index contributed by atoms with van der Waals surface area (Å²) >= 11 is 11.4. The highest BCUT2D eigenvalue weighted by Crippen LogP contribution is 2.29. The van der Waals surface area contributed by atoms with Gasteiger partial charge in [0.15, 0.2) is 5.16 Å². The minimum Gasteiger partial charge on any atom is -0.314 e. The molecule has 0 fully saturated rings. The van der Waals surface area contributed by atoms with E-state index in [0.29, 0.717) is 5.02 Å². The molecule has 3 aromatic carbocycles. The van der Waals surface area contributed by atoms with Crippen LogP contribution in [0, 0.1) is 0 Å². The van der Waals surface area contributed by atoms with Crippen LogP contribution in [0.15, 0.2) is 82.4 Å². The highest BCUT2D eigenvalue weighted by atomic mass is 79.9. The number of nitrogens with zero attached hydrogens (tertiary/aromatic N) is 2. The van der Waals surface area contributed by atoms with E-state index in [2.05, 4.69) is 75.1 Å². The van der Waals surface area contributed by atoms with Crippen molar-refractivity contribution in [3.8, 4) is 0 Å². The summed E-state index contributed by atoms with van der Waals surface area (Å²) in [5.41, 5.74) is 4.57. The molecule has 0 aliphatic carbocycles. The molecule has 2 nitrogen and oxygen atoms in total. The van der Waals surface area contributed by atoms with Crippen molar-refractivity contribution in [2.24, 2.45) is 0 Å². The van der Waals surface area contributed by atoms with Gasteiger partial charge < -0.3 is 4.57 Å². The smallest absolute Gasteiger partial charge is 0.169 e. The molecule has 0 radical (unpaired) electrons. The summed E-state index contributed by atoms with van der Waals surface area (Å²) in [5, 5.41) is 1.72. The maximum atomic E-state index is 6.17. The predicted molar refractivity (Wildman–Crippen MR) is 114 cm³/mol. The molecule has 4 aromatic rings. The molecule has 0 atom stereocenters. The van der Waals surface area contributed by atoms with E-state index in [-0.39, 0.29) is 0 Å². The van der Waals surface area contributed by atoms with Crippen molar-refractivity contribution in [3.05, 3.63) is 93.4 Å². The molecule has 0 aliphatic heterocycles. The fraction of sp³-hybridized carbons (Fsp3) is 0.0952. The van der Waals surface area contributed by atoms with Gasteiger partial charge in [-0.25, -0.2) is 4.98 Å². The molecule has 5 heteroatoms. The molecule has 0 bridgehead atoms. The molecular formula is C21H16BrClN2S. The maximum Gasteiger partial charge on any atom is 0.169 e. The molecule has 0 aliphatic rings. The van der Waals surface area contributed by atoms with E-state index in [4.69, 9.17) is 16.6 Å². The summed E-state index contributed by atoms with van der Waals surface area (Å²) in [7, 11) is 0. The van der Waals surface area contributed by atoms with Gasteiger partial charge in [-0.1, -0.05) is 81.8 Å². The third-order valence-electron chi connectivity index (χ3n) is 4.14. The normalized spacial score (nSPS) is 11.2. The Morgan fingerprint density at radius 3 is 2.46 bits per heavy atom. The average Bonchev–Trinajstić information content (AvgIpc) is 2.98. The summed E-state index contributed by atoms with van der Waals surface area (Å²) in [6.07, 6.45) is 0. The zero-order valence-corrected chi connectivity index (χ0v) is 17.1. The first-order chi connectivity index (χ1) is 12.7. The van der Waals surface area contributed by atoms with Crippen molar-refractivity contribution in [1.29, 1.82) is 0 Å². The number of imidazole rings is 1. The van der Waals surface area contributed by atoms with Crippen LogP contribution in [0.25, 0.3) is 11.0 Å². The third kappa shape index (κ3) is 3.98. The molecule has 26 heavy (non-hydrogen) atoms. The molecule has 0 unspecified atom stereocenters. The second-order valence-electron chi connectivity index (χ2n) is 6.01. The third-order valence-corrected chi connectivity index (χ3v) is 5.95. The number of rotatable bonds is 5. The largest absolute Gasteiger partial charge is 0.314 e. The van der Waals surface area contributed by atoms with Crippen LogP contribution >= 0.6 is 39.3 Å². The number of aromatic nitrogens is 2. The Balaban J connectivity index is 1.67. The maximum absolute atomic E-state index is 6.17. The topological polar surface area (TPSA) is 17.8 Å². The van der Waals surface area contributed by atoms with Gasteiger partial charge in [-0.15, -0.1) is 0 Å². The van der Waals surface area contributed by atoms with E-state index in [1.165, 1.54) is 11.1 Å². The van der Waals surface area contributed by atoms with Crippen molar-refractivity contribution in [3.63, 3.8) is 0 Å². The summed E-state index contributed by atoms with van der Waals surface area (Å²) < 4.78 is 3.36. The van der Waals surface area contributed by atoms with Crippen LogP contribution in [0.2, 0.25) is 5.02 Å². The lowest BCUT2D eigenvalue weighted by atomic mass is 10.2. The first kappa shape index (κ1) is 17.7. The molecular weight excluding hydrogens is 428 g/mol. The van der Waals surface area contributed by atoms with Crippen LogP contribution in [0.5, 0.6) is 0 Å². The summed E-state index contributed by atoms with van der Waals surface area (Å²) in [6, 6.07) is 24.8. The fourth-order valence-corrected chi connectivity index (χ4v) is 4.24. The number of fused-ring (bicyclic) bond motifs is 1. The van der Waals surface area contributed by atoms with Gasteiger partial charge in [0.25, 0.3) is 0 Å². The molecule has 4 rings (SSSR count). The molecule has 0 N–H and O–H groups in total. The number of benzene rings is 3. The molecule has 0 saturated heterocycles. The zero-order chi connectivity index (χ0) is 17.9. The standard InChI is InChI=1S/C21H16BrClN2S/c22-17-8-6-16(7-9-17)14-26-21-24-19-12-18(23)10-11-20(19)25(21)13-15-4-2-1-3-5-15/h1-12H,13-14H2. The first-order valence-electron chi connectivity index (χ1n) is 8.26. The van der Waals surface area contributed by atoms with Crippen molar-refractivity contribution in [1.82, 2.24) is 9.55 Å². The van der Waals surface area contributed by atoms with Crippen LogP contribution in [-0.2, 0) is 12.3 Å². The van der Waals surface area contributed by atoms with E-state index in [9.17, 15) is 0 Å². The lowest BCUT2D eigenvalue weighted by Gasteiger charge is -2.09. The lowest BCUT2D eigenvalue weighted by molar-refractivity contribution is 0.731. The molecule has 0 saturated carbocycles. The monoisotopic (exact) mass is 442 g/mol. The van der Waals surface area contributed by atoms with Gasteiger partial charge in [0, 0.05) is 15.2 Å². The summed E-state index contributed by atoms with van der Waals surface area (Å²) in [4.78, 5) is 4.83. The SMILES string of the molecule is Clc1ccc2c(c1)nc(SCc1ccc(Br)cc1)n2Cc1ccccc1. The van der Waals surface area contributed by atoms with E-state index >= 15 is 0 Å². The highest BCUT2D eigenvalue weighted by Gasteiger charge is 2.12. The van der Waals surface area contributed by atoms with Crippen LogP contribution in [-0.4, -0.2) is 9.55 Å². The van der Waals surface area contributed by atoms with Crippen molar-refractivity contribution >= 4 is 50.3 Å². The average molecular weight is 444 g/mol. The Morgan fingerprint density at radius 1 is 0.923 bits per heavy atom. The van der Waals surface area contributed by atoms with Crippen molar-refractivity contribution in [2.75, 3.05) is 0 Å². The quantitative estimate of drug-likeness (QED) is 0.316. The zero-order valence-electron chi connectivity index (χ0n) is 13.9. The number of hydrogen-bond acceptors (Lipinski definition) is 2. The van der Waals surface area contributed by atoms with Crippen molar-refractivity contribution < 1.29 is 0 Å². The summed E-state index contributed by atoms with van der Waals surface area (Å²) in [6.45, 7) is 0.793. The number of halogens is 2.